The molecule has 0 fully saturated rings. The number of H-pyrrole nitrogens is 1. The number of rotatable bonds is 9. The standard InChI is InChI=1S/C23H25N3O5S/c1-32(29,30)26-21-12-15(6-9-22(21)27)23(28)14-24-10-11-31-16-7-8-18-17-4-2-3-5-19(17)25-20(18)13-16/h2-9,12-13,23-28H,10-11,14H2,1H3/t23-/m0/s1. The van der Waals surface area contributed by atoms with Crippen molar-refractivity contribution in [3.8, 4) is 11.5 Å². The SMILES string of the molecule is CS(=O)(=O)Nc1cc([C@@H](O)CNCCOc2ccc3c(c2)[nH]c2ccccc23)ccc1O. The van der Waals surface area contributed by atoms with Gasteiger partial charge in [-0.05, 0) is 35.9 Å². The van der Waals surface area contributed by atoms with Gasteiger partial charge in [0.25, 0.3) is 0 Å². The van der Waals surface area contributed by atoms with Gasteiger partial charge in [0.05, 0.1) is 23.6 Å². The van der Waals surface area contributed by atoms with E-state index in [2.05, 4.69) is 21.1 Å². The second-order valence-electron chi connectivity index (χ2n) is 7.60. The number of aliphatic hydroxyl groups is 1. The first-order valence-electron chi connectivity index (χ1n) is 10.1. The molecule has 0 unspecified atom stereocenters. The van der Waals surface area contributed by atoms with E-state index in [1.54, 1.807) is 6.07 Å². The summed E-state index contributed by atoms with van der Waals surface area (Å²) in [7, 11) is -3.54. The molecule has 3 aromatic carbocycles. The molecule has 4 aromatic rings. The minimum Gasteiger partial charge on any atom is -0.506 e. The van der Waals surface area contributed by atoms with Crippen molar-refractivity contribution >= 4 is 37.5 Å². The maximum absolute atomic E-state index is 11.4. The van der Waals surface area contributed by atoms with E-state index < -0.39 is 16.1 Å². The number of para-hydroxylation sites is 1. The first kappa shape index (κ1) is 21.9. The van der Waals surface area contributed by atoms with Gasteiger partial charge in [-0.2, -0.15) is 0 Å². The summed E-state index contributed by atoms with van der Waals surface area (Å²) in [5.74, 6) is 0.543. The highest BCUT2D eigenvalue weighted by atomic mass is 32.2. The molecule has 1 heterocycles. The van der Waals surface area contributed by atoms with Crippen LogP contribution in [0.4, 0.5) is 5.69 Å². The zero-order valence-corrected chi connectivity index (χ0v) is 18.3. The Balaban J connectivity index is 1.29. The number of fused-ring (bicyclic) bond motifs is 3. The number of ether oxygens (including phenoxy) is 1. The van der Waals surface area contributed by atoms with Crippen LogP contribution in [0.5, 0.6) is 11.5 Å². The zero-order valence-electron chi connectivity index (χ0n) is 17.5. The predicted octanol–water partition coefficient (Wildman–Crippen LogP) is 3.10. The van der Waals surface area contributed by atoms with Crippen LogP contribution in [0.1, 0.15) is 11.7 Å². The largest absolute Gasteiger partial charge is 0.506 e. The van der Waals surface area contributed by atoms with Crippen LogP contribution in [0, 0.1) is 0 Å². The van der Waals surface area contributed by atoms with Gasteiger partial charge < -0.3 is 25.3 Å². The summed E-state index contributed by atoms with van der Waals surface area (Å²) in [6, 6.07) is 18.4. The van der Waals surface area contributed by atoms with Gasteiger partial charge in [-0.1, -0.05) is 24.3 Å². The van der Waals surface area contributed by atoms with Crippen molar-refractivity contribution in [2.75, 3.05) is 30.7 Å². The van der Waals surface area contributed by atoms with Crippen LogP contribution in [0.2, 0.25) is 0 Å². The van der Waals surface area contributed by atoms with Gasteiger partial charge in [-0.25, -0.2) is 8.42 Å². The summed E-state index contributed by atoms with van der Waals surface area (Å²) in [5.41, 5.74) is 2.60. The molecule has 0 saturated heterocycles. The highest BCUT2D eigenvalue weighted by molar-refractivity contribution is 7.92. The average molecular weight is 456 g/mol. The van der Waals surface area contributed by atoms with Gasteiger partial charge >= 0.3 is 0 Å². The van der Waals surface area contributed by atoms with E-state index in [0.717, 1.165) is 28.4 Å². The molecule has 0 spiro atoms. The fraction of sp³-hybridized carbons (Fsp3) is 0.217. The number of aromatic amines is 1. The lowest BCUT2D eigenvalue weighted by atomic mass is 10.1. The lowest BCUT2D eigenvalue weighted by molar-refractivity contribution is 0.172. The Hall–Kier alpha value is -3.27. The predicted molar refractivity (Wildman–Crippen MR) is 126 cm³/mol. The van der Waals surface area contributed by atoms with E-state index in [1.165, 1.54) is 17.5 Å². The van der Waals surface area contributed by atoms with Crippen molar-refractivity contribution in [1.29, 1.82) is 0 Å². The number of hydrogen-bond acceptors (Lipinski definition) is 6. The van der Waals surface area contributed by atoms with Crippen molar-refractivity contribution < 1.29 is 23.4 Å². The second-order valence-corrected chi connectivity index (χ2v) is 9.35. The molecule has 4 rings (SSSR count). The number of anilines is 1. The number of hydrogen-bond donors (Lipinski definition) is 5. The minimum absolute atomic E-state index is 0.0275. The smallest absolute Gasteiger partial charge is 0.229 e. The third-order valence-corrected chi connectivity index (χ3v) is 5.65. The Morgan fingerprint density at radius 1 is 1.03 bits per heavy atom. The average Bonchev–Trinajstić information content (AvgIpc) is 3.11. The molecule has 0 amide bonds. The number of sulfonamides is 1. The van der Waals surface area contributed by atoms with Crippen LogP contribution in [-0.4, -0.2) is 49.6 Å². The summed E-state index contributed by atoms with van der Waals surface area (Å²) >= 11 is 0. The number of phenolic OH excluding ortho intramolecular Hbond substituents is 1. The molecule has 5 N–H and O–H groups in total. The Bertz CT molecular complexity index is 1350. The third kappa shape index (κ3) is 5.13. The summed E-state index contributed by atoms with van der Waals surface area (Å²) < 4.78 is 30.8. The van der Waals surface area contributed by atoms with E-state index >= 15 is 0 Å². The second kappa shape index (κ2) is 9.07. The fourth-order valence-electron chi connectivity index (χ4n) is 3.56. The molecule has 0 aliphatic rings. The summed E-state index contributed by atoms with van der Waals surface area (Å²) in [6.07, 6.45) is 0.117. The summed E-state index contributed by atoms with van der Waals surface area (Å²) in [4.78, 5) is 3.39. The lowest BCUT2D eigenvalue weighted by Crippen LogP contribution is -2.26. The maximum atomic E-state index is 11.4. The molecule has 8 nitrogen and oxygen atoms in total. The van der Waals surface area contributed by atoms with Crippen LogP contribution in [0.15, 0.2) is 60.7 Å². The molecule has 168 valence electrons. The molecule has 1 aromatic heterocycles. The monoisotopic (exact) mass is 455 g/mol. The molecular formula is C23H25N3O5S. The van der Waals surface area contributed by atoms with Crippen LogP contribution in [0.25, 0.3) is 21.8 Å². The van der Waals surface area contributed by atoms with Crippen molar-refractivity contribution in [3.63, 3.8) is 0 Å². The molecule has 0 aliphatic heterocycles. The highest BCUT2D eigenvalue weighted by Gasteiger charge is 2.13. The van der Waals surface area contributed by atoms with E-state index in [1.807, 2.05) is 36.4 Å². The van der Waals surface area contributed by atoms with Crippen LogP contribution in [-0.2, 0) is 10.0 Å². The molecule has 0 radical (unpaired) electrons. The normalized spacial score (nSPS) is 12.8. The first-order valence-corrected chi connectivity index (χ1v) is 12.0. The first-order chi connectivity index (χ1) is 15.3. The van der Waals surface area contributed by atoms with E-state index in [4.69, 9.17) is 4.74 Å². The summed E-state index contributed by atoms with van der Waals surface area (Å²) in [5, 5.41) is 25.6. The van der Waals surface area contributed by atoms with Crippen molar-refractivity contribution in [3.05, 3.63) is 66.2 Å². The molecule has 0 saturated carbocycles. The molecule has 0 aliphatic carbocycles. The van der Waals surface area contributed by atoms with Crippen LogP contribution < -0.4 is 14.8 Å². The fourth-order valence-corrected chi connectivity index (χ4v) is 4.13. The number of nitrogens with one attached hydrogen (secondary N) is 3. The van der Waals surface area contributed by atoms with E-state index in [9.17, 15) is 18.6 Å². The molecule has 32 heavy (non-hydrogen) atoms. The van der Waals surface area contributed by atoms with Gasteiger partial charge in [-0.15, -0.1) is 0 Å². The van der Waals surface area contributed by atoms with Gasteiger partial charge in [-0.3, -0.25) is 4.72 Å². The van der Waals surface area contributed by atoms with Crippen molar-refractivity contribution in [1.82, 2.24) is 10.3 Å². The minimum atomic E-state index is -3.54. The van der Waals surface area contributed by atoms with Crippen molar-refractivity contribution in [2.45, 2.75) is 6.10 Å². The molecule has 1 atom stereocenters. The highest BCUT2D eigenvalue weighted by Crippen LogP contribution is 2.29. The molecular weight excluding hydrogens is 430 g/mol. The maximum Gasteiger partial charge on any atom is 0.229 e. The van der Waals surface area contributed by atoms with E-state index in [0.29, 0.717) is 18.7 Å². The van der Waals surface area contributed by atoms with Gasteiger partial charge in [0.15, 0.2) is 0 Å². The van der Waals surface area contributed by atoms with Gasteiger partial charge in [0.1, 0.15) is 18.1 Å². The topological polar surface area (TPSA) is 124 Å². The number of phenols is 1. The number of aromatic nitrogens is 1. The summed E-state index contributed by atoms with van der Waals surface area (Å²) in [6.45, 7) is 1.16. The van der Waals surface area contributed by atoms with Gasteiger partial charge in [0.2, 0.25) is 10.0 Å². The quantitative estimate of drug-likeness (QED) is 0.195. The Kier molecular flexibility index (Phi) is 6.22. The van der Waals surface area contributed by atoms with E-state index in [-0.39, 0.29) is 18.0 Å². The zero-order chi connectivity index (χ0) is 22.7. The number of aliphatic hydroxyl groups excluding tert-OH is 1. The lowest BCUT2D eigenvalue weighted by Gasteiger charge is -2.15. The van der Waals surface area contributed by atoms with Crippen LogP contribution >= 0.6 is 0 Å². The molecule has 9 heteroatoms. The van der Waals surface area contributed by atoms with Crippen LogP contribution in [0.3, 0.4) is 0 Å². The van der Waals surface area contributed by atoms with Gasteiger partial charge in [0, 0.05) is 35.4 Å². The van der Waals surface area contributed by atoms with Crippen molar-refractivity contribution in [2.24, 2.45) is 0 Å². The number of aromatic hydroxyl groups is 1. The Morgan fingerprint density at radius 2 is 1.81 bits per heavy atom. The molecule has 0 bridgehead atoms. The Morgan fingerprint density at radius 3 is 2.62 bits per heavy atom. The number of benzene rings is 3. The Labute approximate surface area is 185 Å². The third-order valence-electron chi connectivity index (χ3n) is 5.06.